The van der Waals surface area contributed by atoms with Crippen LogP contribution in [0.1, 0.15) is 37.4 Å². The van der Waals surface area contributed by atoms with Gasteiger partial charge in [-0.05, 0) is 44.5 Å². The molecule has 0 spiro atoms. The van der Waals surface area contributed by atoms with Gasteiger partial charge < -0.3 is 16.0 Å². The van der Waals surface area contributed by atoms with Crippen molar-refractivity contribution in [2.24, 2.45) is 5.73 Å². The number of likely N-dealkylation sites (N-methyl/N-ethyl adjacent to an activating group) is 1. The molecule has 1 amide bonds. The number of hydrogen-bond acceptors (Lipinski definition) is 3. The Morgan fingerprint density at radius 1 is 1.37 bits per heavy atom. The van der Waals surface area contributed by atoms with E-state index in [0.717, 1.165) is 17.7 Å². The fourth-order valence-corrected chi connectivity index (χ4v) is 2.44. The number of amides is 1. The number of nitrogens with two attached hydrogens (primary N) is 1. The predicted octanol–water partition coefficient (Wildman–Crippen LogP) is 1.59. The number of hydrogen-bond donors (Lipinski definition) is 2. The highest BCUT2D eigenvalue weighted by molar-refractivity contribution is 5.95. The van der Waals surface area contributed by atoms with Crippen LogP contribution < -0.4 is 16.0 Å². The molecule has 1 heterocycles. The Hall–Kier alpha value is -1.39. The topological polar surface area (TPSA) is 58.4 Å². The van der Waals surface area contributed by atoms with Crippen molar-refractivity contribution in [3.05, 3.63) is 29.3 Å². The summed E-state index contributed by atoms with van der Waals surface area (Å²) in [5, 5.41) is 3.25. The van der Waals surface area contributed by atoms with Crippen LogP contribution >= 0.6 is 0 Å². The van der Waals surface area contributed by atoms with E-state index in [-0.39, 0.29) is 17.5 Å². The minimum absolute atomic E-state index is 0.0780. The summed E-state index contributed by atoms with van der Waals surface area (Å²) in [4.78, 5) is 13.4. The SMILES string of the molecule is CNC(C)(C)C(N)c1ccc2c(c1)CCC(=O)N2C. The monoisotopic (exact) mass is 261 g/mol. The van der Waals surface area contributed by atoms with Crippen LogP contribution in [0.5, 0.6) is 0 Å². The maximum Gasteiger partial charge on any atom is 0.227 e. The van der Waals surface area contributed by atoms with Crippen molar-refractivity contribution >= 4 is 11.6 Å². The third-order valence-electron chi connectivity index (χ3n) is 4.23. The molecule has 0 bridgehead atoms. The van der Waals surface area contributed by atoms with Gasteiger partial charge in [-0.2, -0.15) is 0 Å². The first-order chi connectivity index (χ1) is 8.86. The van der Waals surface area contributed by atoms with Crippen LogP contribution in [0.4, 0.5) is 5.69 Å². The standard InChI is InChI=1S/C15H23N3O/c1-15(2,17-3)14(16)11-5-7-12-10(9-11)6-8-13(19)18(12)4/h5,7,9,14,17H,6,8,16H2,1-4H3. The van der Waals surface area contributed by atoms with Gasteiger partial charge >= 0.3 is 0 Å². The second-order valence-corrected chi connectivity index (χ2v) is 5.79. The maximum atomic E-state index is 11.7. The van der Waals surface area contributed by atoms with Crippen molar-refractivity contribution in [2.75, 3.05) is 19.0 Å². The van der Waals surface area contributed by atoms with Gasteiger partial charge in [-0.1, -0.05) is 12.1 Å². The normalized spacial score (nSPS) is 17.3. The van der Waals surface area contributed by atoms with E-state index in [1.165, 1.54) is 5.56 Å². The summed E-state index contributed by atoms with van der Waals surface area (Å²) < 4.78 is 0. The van der Waals surface area contributed by atoms with E-state index in [2.05, 4.69) is 25.2 Å². The zero-order chi connectivity index (χ0) is 14.2. The summed E-state index contributed by atoms with van der Waals surface area (Å²) in [6, 6.07) is 6.10. The van der Waals surface area contributed by atoms with Crippen LogP contribution in [0.3, 0.4) is 0 Å². The molecular weight excluding hydrogens is 238 g/mol. The minimum atomic E-state index is -0.162. The summed E-state index contributed by atoms with van der Waals surface area (Å²) in [5.41, 5.74) is 9.50. The van der Waals surface area contributed by atoms with Crippen molar-refractivity contribution in [1.82, 2.24) is 5.32 Å². The van der Waals surface area contributed by atoms with Gasteiger partial charge in [0.2, 0.25) is 5.91 Å². The fraction of sp³-hybridized carbons (Fsp3) is 0.533. The van der Waals surface area contributed by atoms with Crippen LogP contribution in [0.25, 0.3) is 0 Å². The second kappa shape index (κ2) is 4.94. The Bertz CT molecular complexity index is 496. The lowest BCUT2D eigenvalue weighted by molar-refractivity contribution is -0.118. The summed E-state index contributed by atoms with van der Waals surface area (Å²) in [5.74, 6) is 0.181. The molecule has 3 N–H and O–H groups in total. The molecule has 0 aliphatic carbocycles. The first kappa shape index (κ1) is 14.0. The summed E-state index contributed by atoms with van der Waals surface area (Å²) >= 11 is 0. The second-order valence-electron chi connectivity index (χ2n) is 5.79. The Balaban J connectivity index is 2.35. The third-order valence-corrected chi connectivity index (χ3v) is 4.23. The number of rotatable bonds is 3. The smallest absolute Gasteiger partial charge is 0.227 e. The van der Waals surface area contributed by atoms with Gasteiger partial charge in [-0.15, -0.1) is 0 Å². The number of benzene rings is 1. The molecule has 0 saturated heterocycles. The highest BCUT2D eigenvalue weighted by Gasteiger charge is 2.27. The lowest BCUT2D eigenvalue weighted by Gasteiger charge is -2.33. The van der Waals surface area contributed by atoms with Crippen molar-refractivity contribution in [3.8, 4) is 0 Å². The number of fused-ring (bicyclic) bond motifs is 1. The zero-order valence-corrected chi connectivity index (χ0v) is 12.2. The lowest BCUT2D eigenvalue weighted by Crippen LogP contribution is -2.46. The molecule has 1 aromatic carbocycles. The molecule has 2 rings (SSSR count). The minimum Gasteiger partial charge on any atom is -0.322 e. The molecule has 1 aromatic rings. The van der Waals surface area contributed by atoms with Gasteiger partial charge in [0, 0.05) is 30.7 Å². The number of nitrogens with one attached hydrogen (secondary N) is 1. The zero-order valence-electron chi connectivity index (χ0n) is 12.2. The van der Waals surface area contributed by atoms with E-state index >= 15 is 0 Å². The Morgan fingerprint density at radius 2 is 2.05 bits per heavy atom. The van der Waals surface area contributed by atoms with Crippen molar-refractivity contribution in [1.29, 1.82) is 0 Å². The molecule has 1 atom stereocenters. The van der Waals surface area contributed by atoms with E-state index in [0.29, 0.717) is 6.42 Å². The molecule has 104 valence electrons. The van der Waals surface area contributed by atoms with E-state index in [4.69, 9.17) is 5.73 Å². The molecule has 0 fully saturated rings. The largest absolute Gasteiger partial charge is 0.322 e. The number of carbonyl (C=O) groups excluding carboxylic acids is 1. The van der Waals surface area contributed by atoms with Gasteiger partial charge in [-0.25, -0.2) is 0 Å². The first-order valence-electron chi connectivity index (χ1n) is 6.70. The molecular formula is C15H23N3O. The molecule has 1 unspecified atom stereocenters. The van der Waals surface area contributed by atoms with E-state index in [1.54, 1.807) is 4.90 Å². The predicted molar refractivity (Wildman–Crippen MR) is 78.2 cm³/mol. The summed E-state index contributed by atoms with van der Waals surface area (Å²) in [6.07, 6.45) is 1.39. The van der Waals surface area contributed by atoms with E-state index in [1.807, 2.05) is 26.2 Å². The number of anilines is 1. The number of aryl methyl sites for hydroxylation is 1. The van der Waals surface area contributed by atoms with Crippen molar-refractivity contribution in [3.63, 3.8) is 0 Å². The third kappa shape index (κ3) is 2.51. The first-order valence-corrected chi connectivity index (χ1v) is 6.70. The highest BCUT2D eigenvalue weighted by Crippen LogP contribution is 2.31. The van der Waals surface area contributed by atoms with Gasteiger partial charge in [0.1, 0.15) is 0 Å². The quantitative estimate of drug-likeness (QED) is 0.869. The summed E-state index contributed by atoms with van der Waals surface area (Å²) in [6.45, 7) is 4.18. The van der Waals surface area contributed by atoms with Crippen LogP contribution in [-0.4, -0.2) is 25.5 Å². The van der Waals surface area contributed by atoms with Gasteiger partial charge in [0.25, 0.3) is 0 Å². The number of carbonyl (C=O) groups is 1. The number of nitrogens with zero attached hydrogens (tertiary/aromatic N) is 1. The average molecular weight is 261 g/mol. The molecule has 19 heavy (non-hydrogen) atoms. The lowest BCUT2D eigenvalue weighted by atomic mass is 9.87. The van der Waals surface area contributed by atoms with Gasteiger partial charge in [-0.3, -0.25) is 4.79 Å². The van der Waals surface area contributed by atoms with Crippen LogP contribution in [-0.2, 0) is 11.2 Å². The Morgan fingerprint density at radius 3 is 2.68 bits per heavy atom. The highest BCUT2D eigenvalue weighted by atomic mass is 16.2. The van der Waals surface area contributed by atoms with Crippen LogP contribution in [0, 0.1) is 0 Å². The van der Waals surface area contributed by atoms with Gasteiger partial charge in [0.15, 0.2) is 0 Å². The van der Waals surface area contributed by atoms with E-state index in [9.17, 15) is 4.79 Å². The molecule has 4 nitrogen and oxygen atoms in total. The van der Waals surface area contributed by atoms with E-state index < -0.39 is 0 Å². The van der Waals surface area contributed by atoms with Gasteiger partial charge in [0.05, 0.1) is 0 Å². The molecule has 0 saturated carbocycles. The molecule has 1 aliphatic heterocycles. The van der Waals surface area contributed by atoms with Crippen molar-refractivity contribution < 1.29 is 4.79 Å². The Kier molecular flexibility index (Phi) is 3.65. The molecule has 0 radical (unpaired) electrons. The van der Waals surface area contributed by atoms with Crippen LogP contribution in [0.2, 0.25) is 0 Å². The van der Waals surface area contributed by atoms with Crippen LogP contribution in [0.15, 0.2) is 18.2 Å². The fourth-order valence-electron chi connectivity index (χ4n) is 2.44. The molecule has 1 aliphatic rings. The molecule has 0 aromatic heterocycles. The average Bonchev–Trinajstić information content (AvgIpc) is 2.41. The molecule has 4 heteroatoms. The Labute approximate surface area is 115 Å². The van der Waals surface area contributed by atoms with Crippen molar-refractivity contribution in [2.45, 2.75) is 38.3 Å². The maximum absolute atomic E-state index is 11.7. The summed E-state index contributed by atoms with van der Waals surface area (Å²) in [7, 11) is 3.75.